The first-order valence-corrected chi connectivity index (χ1v) is 5.16. The Morgan fingerprint density at radius 1 is 1.57 bits per heavy atom. The Labute approximate surface area is 86.9 Å². The van der Waals surface area contributed by atoms with Crippen LogP contribution in [-0.4, -0.2) is 37.7 Å². The minimum Gasteiger partial charge on any atom is -0.382 e. The standard InChI is InChI=1S/C9H13NO3S/c1-12-2-3-13-6-8(11)4-9-5-10-7-14-9/h5,7H,2-4,6H2,1H3. The molecule has 14 heavy (non-hydrogen) atoms. The van der Waals surface area contributed by atoms with Crippen LogP contribution in [-0.2, 0) is 20.7 Å². The van der Waals surface area contributed by atoms with Crippen LogP contribution >= 0.6 is 11.3 Å². The van der Waals surface area contributed by atoms with Crippen molar-refractivity contribution < 1.29 is 14.3 Å². The highest BCUT2D eigenvalue weighted by Gasteiger charge is 2.04. The van der Waals surface area contributed by atoms with Gasteiger partial charge in [-0.25, -0.2) is 0 Å². The number of methoxy groups -OCH3 is 1. The Bertz CT molecular complexity index is 261. The molecule has 0 N–H and O–H groups in total. The Balaban J connectivity index is 2.11. The third-order valence-corrected chi connectivity index (χ3v) is 2.33. The molecule has 78 valence electrons. The van der Waals surface area contributed by atoms with Gasteiger partial charge in [-0.15, -0.1) is 11.3 Å². The van der Waals surface area contributed by atoms with Gasteiger partial charge < -0.3 is 9.47 Å². The Hall–Kier alpha value is -0.780. The number of ketones is 1. The van der Waals surface area contributed by atoms with Crippen molar-refractivity contribution in [2.45, 2.75) is 6.42 Å². The number of hydrogen-bond acceptors (Lipinski definition) is 5. The average Bonchev–Trinajstić information content (AvgIpc) is 2.65. The van der Waals surface area contributed by atoms with Gasteiger partial charge in [-0.2, -0.15) is 0 Å². The summed E-state index contributed by atoms with van der Waals surface area (Å²) in [6.07, 6.45) is 2.12. The van der Waals surface area contributed by atoms with Crippen molar-refractivity contribution in [2.24, 2.45) is 0 Å². The maximum absolute atomic E-state index is 11.3. The molecule has 0 amide bonds. The summed E-state index contributed by atoms with van der Waals surface area (Å²) < 4.78 is 9.88. The van der Waals surface area contributed by atoms with E-state index in [1.54, 1.807) is 18.8 Å². The molecule has 0 aliphatic heterocycles. The molecule has 0 unspecified atom stereocenters. The molecule has 0 fully saturated rings. The van der Waals surface area contributed by atoms with Crippen LogP contribution in [0.25, 0.3) is 0 Å². The lowest BCUT2D eigenvalue weighted by molar-refractivity contribution is -0.123. The summed E-state index contributed by atoms with van der Waals surface area (Å²) in [5.74, 6) is 0.0744. The summed E-state index contributed by atoms with van der Waals surface area (Å²) >= 11 is 1.48. The van der Waals surface area contributed by atoms with Gasteiger partial charge in [-0.1, -0.05) is 0 Å². The molecule has 0 aliphatic rings. The summed E-state index contributed by atoms with van der Waals surface area (Å²) in [7, 11) is 1.60. The molecule has 1 aromatic rings. The Kier molecular flexibility index (Phi) is 5.36. The predicted molar refractivity (Wildman–Crippen MR) is 53.5 cm³/mol. The highest BCUT2D eigenvalue weighted by molar-refractivity contribution is 7.09. The number of ether oxygens (including phenoxy) is 2. The van der Waals surface area contributed by atoms with Crippen LogP contribution in [0.4, 0.5) is 0 Å². The zero-order valence-corrected chi connectivity index (χ0v) is 8.88. The molecule has 0 radical (unpaired) electrons. The molecule has 0 spiro atoms. The van der Waals surface area contributed by atoms with E-state index in [1.807, 2.05) is 0 Å². The van der Waals surface area contributed by atoms with E-state index in [2.05, 4.69) is 4.98 Å². The highest BCUT2D eigenvalue weighted by Crippen LogP contribution is 2.06. The van der Waals surface area contributed by atoms with E-state index in [0.717, 1.165) is 4.88 Å². The van der Waals surface area contributed by atoms with Gasteiger partial charge in [0.2, 0.25) is 0 Å². The molecular formula is C9H13NO3S. The molecule has 0 atom stereocenters. The summed E-state index contributed by atoms with van der Waals surface area (Å²) in [5.41, 5.74) is 1.72. The summed E-state index contributed by atoms with van der Waals surface area (Å²) in [6.45, 7) is 1.14. The number of Topliss-reactive ketones (excluding diaryl/α,β-unsaturated/α-hetero) is 1. The van der Waals surface area contributed by atoms with E-state index < -0.39 is 0 Å². The van der Waals surface area contributed by atoms with Gasteiger partial charge in [0.1, 0.15) is 6.61 Å². The van der Waals surface area contributed by atoms with E-state index in [1.165, 1.54) is 11.3 Å². The van der Waals surface area contributed by atoms with Gasteiger partial charge in [-0.05, 0) is 0 Å². The molecule has 1 rings (SSSR count). The van der Waals surface area contributed by atoms with Crippen molar-refractivity contribution >= 4 is 17.1 Å². The molecular weight excluding hydrogens is 202 g/mol. The predicted octanol–water partition coefficient (Wildman–Crippen LogP) is 0.918. The third kappa shape index (κ3) is 4.45. The largest absolute Gasteiger partial charge is 0.382 e. The van der Waals surface area contributed by atoms with E-state index in [9.17, 15) is 4.79 Å². The summed E-state index contributed by atoms with van der Waals surface area (Å²) in [6, 6.07) is 0. The zero-order valence-electron chi connectivity index (χ0n) is 8.06. The van der Waals surface area contributed by atoms with Crippen molar-refractivity contribution in [1.29, 1.82) is 0 Å². The van der Waals surface area contributed by atoms with Crippen LogP contribution in [0.5, 0.6) is 0 Å². The fourth-order valence-corrected chi connectivity index (χ4v) is 1.53. The molecule has 0 bridgehead atoms. The lowest BCUT2D eigenvalue weighted by atomic mass is 10.3. The van der Waals surface area contributed by atoms with Gasteiger partial charge in [0.15, 0.2) is 5.78 Å². The highest BCUT2D eigenvalue weighted by atomic mass is 32.1. The minimum atomic E-state index is 0.0744. The first-order valence-electron chi connectivity index (χ1n) is 4.28. The van der Waals surface area contributed by atoms with Crippen LogP contribution in [0.15, 0.2) is 11.7 Å². The smallest absolute Gasteiger partial charge is 0.163 e. The number of carbonyl (C=O) groups is 1. The number of nitrogens with zero attached hydrogens (tertiary/aromatic N) is 1. The van der Waals surface area contributed by atoms with Gasteiger partial charge >= 0.3 is 0 Å². The van der Waals surface area contributed by atoms with Crippen molar-refractivity contribution in [1.82, 2.24) is 4.98 Å². The van der Waals surface area contributed by atoms with Gasteiger partial charge in [0.25, 0.3) is 0 Å². The van der Waals surface area contributed by atoms with Crippen LogP contribution in [0.3, 0.4) is 0 Å². The average molecular weight is 215 g/mol. The lowest BCUT2D eigenvalue weighted by Crippen LogP contribution is -2.13. The second-order valence-corrected chi connectivity index (χ2v) is 3.70. The lowest BCUT2D eigenvalue weighted by Gasteiger charge is -2.01. The first kappa shape index (κ1) is 11.3. The normalized spacial score (nSPS) is 10.4. The van der Waals surface area contributed by atoms with Crippen molar-refractivity contribution in [3.8, 4) is 0 Å². The molecule has 5 heteroatoms. The minimum absolute atomic E-state index is 0.0744. The van der Waals surface area contributed by atoms with Gasteiger partial charge in [0, 0.05) is 24.6 Å². The fourth-order valence-electron chi connectivity index (χ4n) is 0.903. The second-order valence-electron chi connectivity index (χ2n) is 2.73. The van der Waals surface area contributed by atoms with Crippen molar-refractivity contribution in [2.75, 3.05) is 26.9 Å². The zero-order chi connectivity index (χ0) is 10.2. The molecule has 0 aliphatic carbocycles. The number of aromatic nitrogens is 1. The molecule has 1 heterocycles. The van der Waals surface area contributed by atoms with Crippen LogP contribution in [0, 0.1) is 0 Å². The first-order chi connectivity index (χ1) is 6.83. The molecule has 1 aromatic heterocycles. The molecule has 0 saturated carbocycles. The number of carbonyl (C=O) groups excluding carboxylic acids is 1. The summed E-state index contributed by atoms with van der Waals surface area (Å²) in [4.78, 5) is 16.2. The molecule has 0 saturated heterocycles. The SMILES string of the molecule is COCCOCC(=O)Cc1cncs1. The monoisotopic (exact) mass is 215 g/mol. The Morgan fingerprint density at radius 3 is 3.07 bits per heavy atom. The van der Waals surface area contributed by atoms with Crippen molar-refractivity contribution in [3.05, 3.63) is 16.6 Å². The van der Waals surface area contributed by atoms with Gasteiger partial charge in [0.05, 0.1) is 18.7 Å². The molecule has 4 nitrogen and oxygen atoms in total. The third-order valence-electron chi connectivity index (χ3n) is 1.55. The van der Waals surface area contributed by atoms with E-state index >= 15 is 0 Å². The van der Waals surface area contributed by atoms with Crippen LogP contribution in [0.1, 0.15) is 4.88 Å². The topological polar surface area (TPSA) is 48.4 Å². The number of hydrogen-bond donors (Lipinski definition) is 0. The number of rotatable bonds is 7. The molecule has 0 aromatic carbocycles. The maximum atomic E-state index is 11.3. The van der Waals surface area contributed by atoms with Crippen molar-refractivity contribution in [3.63, 3.8) is 0 Å². The maximum Gasteiger partial charge on any atom is 0.163 e. The summed E-state index contributed by atoms with van der Waals surface area (Å²) in [5, 5.41) is 0. The van der Waals surface area contributed by atoms with E-state index in [4.69, 9.17) is 9.47 Å². The van der Waals surface area contributed by atoms with Crippen LogP contribution < -0.4 is 0 Å². The van der Waals surface area contributed by atoms with Crippen LogP contribution in [0.2, 0.25) is 0 Å². The Morgan fingerprint density at radius 2 is 2.43 bits per heavy atom. The number of thiazole rings is 1. The van der Waals surface area contributed by atoms with E-state index in [0.29, 0.717) is 19.6 Å². The second kappa shape index (κ2) is 6.64. The quantitative estimate of drug-likeness (QED) is 0.634. The fraction of sp³-hybridized carbons (Fsp3) is 0.556. The van der Waals surface area contributed by atoms with E-state index in [-0.39, 0.29) is 12.4 Å². The van der Waals surface area contributed by atoms with Gasteiger partial charge in [-0.3, -0.25) is 9.78 Å².